The van der Waals surface area contributed by atoms with E-state index in [1.54, 1.807) is 0 Å². The lowest BCUT2D eigenvalue weighted by atomic mass is 9.93. The number of rotatable bonds is 13. The van der Waals surface area contributed by atoms with E-state index >= 15 is 0 Å². The Labute approximate surface area is 144 Å². The average molecular weight is 390 g/mol. The van der Waals surface area contributed by atoms with Gasteiger partial charge in [0.15, 0.2) is 0 Å². The van der Waals surface area contributed by atoms with Crippen molar-refractivity contribution in [3.8, 4) is 0 Å². The smallest absolute Gasteiger partial charge is 0.313 e. The number of aliphatic hydroxyl groups excluding tert-OH is 3. The van der Waals surface area contributed by atoms with E-state index < -0.39 is 63.8 Å². The van der Waals surface area contributed by atoms with Crippen LogP contribution in [0, 0.1) is 5.41 Å². The van der Waals surface area contributed by atoms with E-state index in [2.05, 4.69) is 0 Å². The van der Waals surface area contributed by atoms with Gasteiger partial charge in [0.1, 0.15) is 3.41 Å². The minimum Gasteiger partial charge on any atom is -0.481 e. The van der Waals surface area contributed by atoms with Gasteiger partial charge in [-0.15, -0.1) is 35.3 Å². The van der Waals surface area contributed by atoms with Gasteiger partial charge in [0.25, 0.3) is 0 Å². The molecule has 0 aliphatic rings. The minimum absolute atomic E-state index is 0.527. The van der Waals surface area contributed by atoms with Gasteiger partial charge in [0.2, 0.25) is 0 Å². The van der Waals surface area contributed by atoms with Crippen LogP contribution in [0.3, 0.4) is 0 Å². The number of thioether (sulfide) groups is 3. The molecule has 134 valence electrons. The fourth-order valence-corrected chi connectivity index (χ4v) is 6.00. The first-order valence-corrected chi connectivity index (χ1v) is 9.04. The van der Waals surface area contributed by atoms with Crippen molar-refractivity contribution in [1.82, 2.24) is 0 Å². The van der Waals surface area contributed by atoms with Gasteiger partial charge in [-0.05, 0) is 0 Å². The number of hydrogen-bond donors (Lipinski definition) is 6. The second-order valence-electron chi connectivity index (χ2n) is 4.36. The van der Waals surface area contributed by atoms with Gasteiger partial charge in [-0.25, -0.2) is 0 Å². The van der Waals surface area contributed by atoms with E-state index in [4.69, 9.17) is 15.3 Å². The Morgan fingerprint density at radius 1 is 0.652 bits per heavy atom. The van der Waals surface area contributed by atoms with E-state index in [0.717, 1.165) is 0 Å². The van der Waals surface area contributed by atoms with Crippen LogP contribution < -0.4 is 0 Å². The van der Waals surface area contributed by atoms with E-state index in [9.17, 15) is 29.7 Å². The van der Waals surface area contributed by atoms with E-state index in [1.807, 2.05) is 0 Å². The van der Waals surface area contributed by atoms with Crippen molar-refractivity contribution in [2.24, 2.45) is 5.41 Å². The van der Waals surface area contributed by atoms with Crippen LogP contribution in [0.2, 0.25) is 0 Å². The number of hydrogen-bond acceptors (Lipinski definition) is 9. The topological polar surface area (TPSA) is 173 Å². The molecule has 0 radical (unpaired) electrons. The summed E-state index contributed by atoms with van der Waals surface area (Å²) in [6.07, 6.45) is 0. The number of aliphatic carboxylic acids is 3. The summed E-state index contributed by atoms with van der Waals surface area (Å²) in [5.74, 6) is -5.31. The molecular formula is C11H18O9S3. The Bertz CT molecular complexity index is 371. The fraction of sp³-hybridized carbons (Fsp3) is 0.727. The van der Waals surface area contributed by atoms with E-state index in [0.29, 0.717) is 35.3 Å². The van der Waals surface area contributed by atoms with Gasteiger partial charge in [-0.2, -0.15) is 0 Å². The Balaban J connectivity index is 5.79. The largest absolute Gasteiger partial charge is 0.481 e. The van der Waals surface area contributed by atoms with Crippen molar-refractivity contribution < 1.29 is 45.0 Å². The highest BCUT2D eigenvalue weighted by molar-refractivity contribution is 8.34. The summed E-state index contributed by atoms with van der Waals surface area (Å²) in [5, 5.41) is 55.4. The third-order valence-electron chi connectivity index (χ3n) is 2.71. The third kappa shape index (κ3) is 6.39. The molecular weight excluding hydrogens is 372 g/mol. The predicted octanol–water partition coefficient (Wildman–Crippen LogP) is -0.943. The summed E-state index contributed by atoms with van der Waals surface area (Å²) in [6.45, 7) is -2.36. The van der Waals surface area contributed by atoms with Crippen LogP contribution >= 0.6 is 35.3 Å². The zero-order chi connectivity index (χ0) is 18.1. The average Bonchev–Trinajstić information content (AvgIpc) is 2.49. The molecule has 0 saturated heterocycles. The van der Waals surface area contributed by atoms with Crippen molar-refractivity contribution in [1.29, 1.82) is 0 Å². The van der Waals surface area contributed by atoms with Crippen molar-refractivity contribution >= 4 is 53.2 Å². The monoisotopic (exact) mass is 390 g/mol. The van der Waals surface area contributed by atoms with Crippen LogP contribution in [-0.4, -0.2) is 89.0 Å². The summed E-state index contributed by atoms with van der Waals surface area (Å²) in [6, 6.07) is 0. The molecule has 0 fully saturated rings. The summed E-state index contributed by atoms with van der Waals surface area (Å²) in [5.41, 5.74) is -1.69. The molecule has 0 unspecified atom stereocenters. The van der Waals surface area contributed by atoms with Crippen molar-refractivity contribution in [2.75, 3.05) is 37.1 Å². The lowest BCUT2D eigenvalue weighted by molar-refractivity contribution is -0.134. The van der Waals surface area contributed by atoms with Crippen molar-refractivity contribution in [3.63, 3.8) is 0 Å². The van der Waals surface area contributed by atoms with Gasteiger partial charge < -0.3 is 30.6 Å². The Morgan fingerprint density at radius 2 is 0.913 bits per heavy atom. The molecule has 0 amide bonds. The Morgan fingerprint density at radius 3 is 1.09 bits per heavy atom. The quantitative estimate of drug-likeness (QED) is 0.213. The van der Waals surface area contributed by atoms with Crippen LogP contribution in [0.4, 0.5) is 0 Å². The van der Waals surface area contributed by atoms with Gasteiger partial charge >= 0.3 is 17.9 Å². The molecule has 0 spiro atoms. The molecule has 9 nitrogen and oxygen atoms in total. The number of carboxylic acids is 3. The molecule has 0 aromatic carbocycles. The molecule has 12 heteroatoms. The fourth-order valence-electron chi connectivity index (χ4n) is 1.49. The van der Waals surface area contributed by atoms with Crippen molar-refractivity contribution in [2.45, 2.75) is 3.41 Å². The SMILES string of the molecule is O=C(O)CSC(SCC(=O)O)(SCC(=O)O)C(CO)(CO)CO. The molecule has 0 atom stereocenters. The first-order chi connectivity index (χ1) is 10.7. The highest BCUT2D eigenvalue weighted by atomic mass is 32.3. The summed E-state index contributed by atoms with van der Waals surface area (Å²) < 4.78 is -1.58. The van der Waals surface area contributed by atoms with Crippen molar-refractivity contribution in [3.05, 3.63) is 0 Å². The predicted molar refractivity (Wildman–Crippen MR) is 86.7 cm³/mol. The van der Waals surface area contributed by atoms with Crippen LogP contribution in [-0.2, 0) is 14.4 Å². The molecule has 0 bridgehead atoms. The number of aliphatic hydroxyl groups is 3. The maximum atomic E-state index is 10.9. The van der Waals surface area contributed by atoms with Crippen LogP contribution in [0.5, 0.6) is 0 Å². The maximum Gasteiger partial charge on any atom is 0.313 e. The highest BCUT2D eigenvalue weighted by Crippen LogP contribution is 2.57. The first kappa shape index (κ1) is 22.3. The molecule has 23 heavy (non-hydrogen) atoms. The summed E-state index contributed by atoms with van der Waals surface area (Å²) in [4.78, 5) is 32.6. The number of carbonyl (C=O) groups is 3. The van der Waals surface area contributed by atoms with E-state index in [1.165, 1.54) is 0 Å². The Kier molecular flexibility index (Phi) is 9.96. The van der Waals surface area contributed by atoms with Gasteiger partial charge in [-0.3, -0.25) is 14.4 Å². The normalized spacial score (nSPS) is 12.1. The van der Waals surface area contributed by atoms with Crippen LogP contribution in [0.25, 0.3) is 0 Å². The van der Waals surface area contributed by atoms with Gasteiger partial charge in [0, 0.05) is 0 Å². The standard InChI is InChI=1S/C11H18O9S3/c12-4-10(5-13,6-14)11(21-1-7(15)16,22-2-8(17)18)23-3-9(19)20/h12-14H,1-6H2,(H,15,16)(H,17,18)(H,19,20). The molecule has 0 aromatic heterocycles. The summed E-state index contributed by atoms with van der Waals surface area (Å²) >= 11 is 1.98. The molecule has 0 aliphatic carbocycles. The first-order valence-electron chi connectivity index (χ1n) is 6.08. The number of carboxylic acid groups (broad SMARTS) is 3. The minimum atomic E-state index is -1.69. The molecule has 0 aromatic rings. The molecule has 0 rings (SSSR count). The maximum absolute atomic E-state index is 10.9. The zero-order valence-electron chi connectivity index (χ0n) is 11.9. The lowest BCUT2D eigenvalue weighted by Crippen LogP contribution is -2.51. The van der Waals surface area contributed by atoms with Crippen LogP contribution in [0.1, 0.15) is 0 Å². The second-order valence-corrected chi connectivity index (χ2v) is 8.70. The van der Waals surface area contributed by atoms with Gasteiger partial charge in [0.05, 0.1) is 42.5 Å². The molecule has 0 heterocycles. The highest BCUT2D eigenvalue weighted by Gasteiger charge is 2.53. The summed E-state index contributed by atoms with van der Waals surface area (Å²) in [7, 11) is 0. The zero-order valence-corrected chi connectivity index (χ0v) is 14.3. The molecule has 0 aliphatic heterocycles. The second kappa shape index (κ2) is 10.3. The molecule has 6 N–H and O–H groups in total. The Hall–Kier alpha value is -0.660. The van der Waals surface area contributed by atoms with Crippen LogP contribution in [0.15, 0.2) is 0 Å². The molecule has 0 saturated carbocycles. The third-order valence-corrected chi connectivity index (χ3v) is 8.45. The van der Waals surface area contributed by atoms with E-state index in [-0.39, 0.29) is 0 Å². The van der Waals surface area contributed by atoms with Gasteiger partial charge in [-0.1, -0.05) is 0 Å². The lowest BCUT2D eigenvalue weighted by Gasteiger charge is -2.45.